The van der Waals surface area contributed by atoms with E-state index in [0.29, 0.717) is 0 Å². The molecule has 0 saturated carbocycles. The number of aliphatic hydroxyl groups excluding tert-OH is 1. The van der Waals surface area contributed by atoms with E-state index in [9.17, 15) is 29.1 Å². The Morgan fingerprint density at radius 2 is 1.16 bits per heavy atom. The van der Waals surface area contributed by atoms with Crippen LogP contribution in [0.25, 0.3) is 0 Å². The molecule has 4 unspecified atom stereocenters. The van der Waals surface area contributed by atoms with Crippen molar-refractivity contribution in [3.63, 3.8) is 0 Å². The minimum absolute atomic E-state index is 0.00531. The number of aliphatic hydroxyl groups is 1. The normalized spacial score (nSPS) is 15.0. The van der Waals surface area contributed by atoms with E-state index < -0.39 is 66.8 Å². The van der Waals surface area contributed by atoms with Crippen LogP contribution in [0, 0.1) is 11.8 Å². The van der Waals surface area contributed by atoms with Gasteiger partial charge in [-0.05, 0) is 24.7 Å². The quantitative estimate of drug-likeness (QED) is 0.155. The molecule has 0 aliphatic heterocycles. The minimum atomic E-state index is -1.54. The van der Waals surface area contributed by atoms with Crippen molar-refractivity contribution in [2.75, 3.05) is 6.61 Å². The first-order chi connectivity index (χ1) is 14.3. The molecule has 12 nitrogen and oxygen atoms in total. The summed E-state index contributed by atoms with van der Waals surface area (Å²) in [5, 5.41) is 25.4. The summed E-state index contributed by atoms with van der Waals surface area (Å²) in [5.74, 6) is -4.56. The molecule has 0 saturated heterocycles. The summed E-state index contributed by atoms with van der Waals surface area (Å²) in [4.78, 5) is 59.9. The number of carbonyl (C=O) groups excluding carboxylic acids is 4. The maximum Gasteiger partial charge on any atom is 0.326 e. The predicted octanol–water partition coefficient (Wildman–Crippen LogP) is -2.19. The molecule has 0 bridgehead atoms. The van der Waals surface area contributed by atoms with E-state index in [1.54, 1.807) is 13.8 Å². The van der Waals surface area contributed by atoms with E-state index >= 15 is 0 Å². The zero-order valence-corrected chi connectivity index (χ0v) is 18.4. The number of carboxylic acid groups (broad SMARTS) is 1. The van der Waals surface area contributed by atoms with Crippen LogP contribution in [-0.2, 0) is 24.0 Å². The van der Waals surface area contributed by atoms with Gasteiger partial charge in [-0.3, -0.25) is 19.2 Å². The molecule has 9 N–H and O–H groups in total. The number of hydrogen-bond acceptors (Lipinski definition) is 7. The molecule has 0 aromatic heterocycles. The van der Waals surface area contributed by atoms with Gasteiger partial charge in [0, 0.05) is 0 Å². The van der Waals surface area contributed by atoms with Crippen molar-refractivity contribution in [1.29, 1.82) is 0 Å². The molecule has 4 atom stereocenters. The van der Waals surface area contributed by atoms with Crippen LogP contribution in [0.3, 0.4) is 0 Å². The number of carbonyl (C=O) groups is 5. The molecule has 0 spiro atoms. The van der Waals surface area contributed by atoms with Crippen molar-refractivity contribution in [1.82, 2.24) is 16.0 Å². The molecule has 31 heavy (non-hydrogen) atoms. The molecule has 0 aromatic rings. The number of carboxylic acids is 1. The topological polar surface area (TPSA) is 214 Å². The van der Waals surface area contributed by atoms with Crippen LogP contribution in [0.5, 0.6) is 0 Å². The molecule has 0 rings (SSSR count). The summed E-state index contributed by atoms with van der Waals surface area (Å²) in [6, 6.07) is -4.87. The monoisotopic (exact) mass is 445 g/mol. The second-order valence-corrected chi connectivity index (χ2v) is 8.24. The Bertz CT molecular complexity index is 654. The summed E-state index contributed by atoms with van der Waals surface area (Å²) >= 11 is 0. The van der Waals surface area contributed by atoms with Crippen LogP contribution in [0.4, 0.5) is 0 Å². The van der Waals surface area contributed by atoms with Gasteiger partial charge in [0.2, 0.25) is 23.6 Å². The number of nitrogens with one attached hydrogen (secondary N) is 3. The van der Waals surface area contributed by atoms with Crippen molar-refractivity contribution < 1.29 is 34.2 Å². The van der Waals surface area contributed by atoms with E-state index in [1.807, 2.05) is 13.8 Å². The first-order valence-electron chi connectivity index (χ1n) is 10.1. The van der Waals surface area contributed by atoms with Gasteiger partial charge in [-0.2, -0.15) is 0 Å². The zero-order valence-electron chi connectivity index (χ0n) is 18.4. The molecule has 0 aliphatic carbocycles. The summed E-state index contributed by atoms with van der Waals surface area (Å²) < 4.78 is 0. The van der Waals surface area contributed by atoms with E-state index in [2.05, 4.69) is 16.0 Å². The Morgan fingerprint density at radius 3 is 1.48 bits per heavy atom. The minimum Gasteiger partial charge on any atom is -0.480 e. The van der Waals surface area contributed by atoms with Gasteiger partial charge in [0.05, 0.1) is 13.0 Å². The highest BCUT2D eigenvalue weighted by Crippen LogP contribution is 2.10. The fourth-order valence-corrected chi connectivity index (χ4v) is 2.71. The lowest BCUT2D eigenvalue weighted by molar-refractivity contribution is -0.144. The second-order valence-electron chi connectivity index (χ2n) is 8.24. The Balaban J connectivity index is 5.48. The van der Waals surface area contributed by atoms with Gasteiger partial charge in [-0.25, -0.2) is 4.79 Å². The van der Waals surface area contributed by atoms with Crippen LogP contribution in [0.2, 0.25) is 0 Å². The van der Waals surface area contributed by atoms with Crippen molar-refractivity contribution in [2.45, 2.75) is 71.1 Å². The SMILES string of the molecule is CC(C)CC(NC(=O)C(N)CO)C(=O)NC(CC(C)C)C(=O)NC(CC(N)=O)C(=O)O. The average Bonchev–Trinajstić information content (AvgIpc) is 2.64. The zero-order chi connectivity index (χ0) is 24.3. The highest BCUT2D eigenvalue weighted by Gasteiger charge is 2.31. The molecule has 0 radical (unpaired) electrons. The molecule has 178 valence electrons. The van der Waals surface area contributed by atoms with Crippen molar-refractivity contribution in [3.05, 3.63) is 0 Å². The first-order valence-corrected chi connectivity index (χ1v) is 10.1. The largest absolute Gasteiger partial charge is 0.480 e. The van der Waals surface area contributed by atoms with Crippen molar-refractivity contribution in [2.24, 2.45) is 23.3 Å². The van der Waals surface area contributed by atoms with Crippen molar-refractivity contribution >= 4 is 29.6 Å². The van der Waals surface area contributed by atoms with Gasteiger partial charge in [0.1, 0.15) is 24.2 Å². The van der Waals surface area contributed by atoms with Gasteiger partial charge in [0.25, 0.3) is 0 Å². The standard InChI is InChI=1S/C19H35N5O7/c1-9(2)5-12(22-16(27)11(20)8-25)17(28)23-13(6-10(3)4)18(29)24-14(19(30)31)7-15(21)26/h9-14,25H,5-8,20H2,1-4H3,(H2,21,26)(H,22,27)(H,23,28)(H,24,29)(H,30,31). The van der Waals surface area contributed by atoms with E-state index in [1.165, 1.54) is 0 Å². The van der Waals surface area contributed by atoms with Gasteiger partial charge >= 0.3 is 5.97 Å². The highest BCUT2D eigenvalue weighted by atomic mass is 16.4. The lowest BCUT2D eigenvalue weighted by Crippen LogP contribution is -2.58. The van der Waals surface area contributed by atoms with Crippen LogP contribution in [0.15, 0.2) is 0 Å². The van der Waals surface area contributed by atoms with Crippen LogP contribution >= 0.6 is 0 Å². The summed E-state index contributed by atoms with van der Waals surface area (Å²) in [7, 11) is 0. The van der Waals surface area contributed by atoms with Gasteiger partial charge < -0.3 is 37.6 Å². The van der Waals surface area contributed by atoms with Crippen LogP contribution in [0.1, 0.15) is 47.0 Å². The van der Waals surface area contributed by atoms with Crippen LogP contribution in [-0.4, -0.2) is 70.6 Å². The summed E-state index contributed by atoms with van der Waals surface area (Å²) in [6.45, 7) is 6.67. The maximum absolute atomic E-state index is 12.8. The molecular formula is C19H35N5O7. The van der Waals surface area contributed by atoms with Crippen molar-refractivity contribution in [3.8, 4) is 0 Å². The smallest absolute Gasteiger partial charge is 0.326 e. The van der Waals surface area contributed by atoms with E-state index in [0.717, 1.165) is 0 Å². The third-order valence-corrected chi connectivity index (χ3v) is 4.23. The summed E-state index contributed by atoms with van der Waals surface area (Å²) in [5.41, 5.74) is 10.5. The molecule has 12 heteroatoms. The van der Waals surface area contributed by atoms with Gasteiger partial charge in [0.15, 0.2) is 0 Å². The fourth-order valence-electron chi connectivity index (χ4n) is 2.71. The van der Waals surface area contributed by atoms with Gasteiger partial charge in [-0.15, -0.1) is 0 Å². The Hall–Kier alpha value is -2.73. The lowest BCUT2D eigenvalue weighted by atomic mass is 9.99. The summed E-state index contributed by atoms with van der Waals surface area (Å²) in [6.07, 6.45) is -0.182. The predicted molar refractivity (Wildman–Crippen MR) is 111 cm³/mol. The van der Waals surface area contributed by atoms with E-state index in [-0.39, 0.29) is 24.7 Å². The Labute approximate surface area is 181 Å². The first kappa shape index (κ1) is 28.3. The van der Waals surface area contributed by atoms with E-state index in [4.69, 9.17) is 16.6 Å². The molecule has 0 heterocycles. The number of amides is 4. The number of hydrogen-bond donors (Lipinski definition) is 7. The second kappa shape index (κ2) is 13.5. The average molecular weight is 446 g/mol. The number of nitrogens with two attached hydrogens (primary N) is 2. The molecule has 0 fully saturated rings. The third-order valence-electron chi connectivity index (χ3n) is 4.23. The number of aliphatic carboxylic acids is 1. The molecule has 0 aromatic carbocycles. The molecule has 4 amide bonds. The maximum atomic E-state index is 12.8. The number of rotatable bonds is 14. The van der Waals surface area contributed by atoms with Gasteiger partial charge in [-0.1, -0.05) is 27.7 Å². The molecular weight excluding hydrogens is 410 g/mol. The molecule has 0 aliphatic rings. The Kier molecular flexibility index (Phi) is 12.4. The number of primary amides is 1. The third kappa shape index (κ3) is 11.3. The Morgan fingerprint density at radius 1 is 0.774 bits per heavy atom. The lowest BCUT2D eigenvalue weighted by Gasteiger charge is -2.26. The highest BCUT2D eigenvalue weighted by molar-refractivity contribution is 5.94. The fraction of sp³-hybridized carbons (Fsp3) is 0.737. The van der Waals surface area contributed by atoms with Crippen LogP contribution < -0.4 is 27.4 Å².